The van der Waals surface area contributed by atoms with Gasteiger partial charge in [-0.3, -0.25) is 4.98 Å². The smallest absolute Gasteiger partial charge is 0.212 e. The number of fused-ring (bicyclic) bond motifs is 1. The van der Waals surface area contributed by atoms with Gasteiger partial charge in [0.15, 0.2) is 5.82 Å². The molecule has 0 aromatic carbocycles. The van der Waals surface area contributed by atoms with Crippen molar-refractivity contribution < 1.29 is 0 Å². The predicted molar refractivity (Wildman–Crippen MR) is 71.4 cm³/mol. The molecule has 3 aromatic rings. The third-order valence-corrected chi connectivity index (χ3v) is 3.48. The van der Waals surface area contributed by atoms with Crippen molar-refractivity contribution in [1.82, 2.24) is 19.6 Å². The molecular formula is C12H13N5S. The summed E-state index contributed by atoms with van der Waals surface area (Å²) in [6.45, 7) is 1.99. The summed E-state index contributed by atoms with van der Waals surface area (Å²) >= 11 is 1.59. The van der Waals surface area contributed by atoms with Crippen molar-refractivity contribution in [2.45, 2.75) is 19.4 Å². The first-order chi connectivity index (χ1) is 8.74. The van der Waals surface area contributed by atoms with E-state index in [2.05, 4.69) is 20.4 Å². The summed E-state index contributed by atoms with van der Waals surface area (Å²) in [6.07, 6.45) is 4.29. The van der Waals surface area contributed by atoms with E-state index in [1.807, 2.05) is 23.6 Å². The molecule has 5 nitrogen and oxygen atoms in total. The maximum atomic E-state index is 5.83. The van der Waals surface area contributed by atoms with Gasteiger partial charge in [-0.25, -0.2) is 4.52 Å². The van der Waals surface area contributed by atoms with Crippen LogP contribution in [0.25, 0.3) is 16.3 Å². The fourth-order valence-corrected chi connectivity index (χ4v) is 2.65. The van der Waals surface area contributed by atoms with Gasteiger partial charge in [-0.15, -0.1) is 16.4 Å². The number of nitrogens with zero attached hydrogens (tertiary/aromatic N) is 4. The van der Waals surface area contributed by atoms with Crippen molar-refractivity contribution in [2.24, 2.45) is 5.73 Å². The minimum Gasteiger partial charge on any atom is -0.328 e. The van der Waals surface area contributed by atoms with E-state index < -0.39 is 0 Å². The Kier molecular flexibility index (Phi) is 2.81. The average molecular weight is 259 g/mol. The fraction of sp³-hybridized carbons (Fsp3) is 0.250. The third-order valence-electron chi connectivity index (χ3n) is 2.62. The second-order valence-electron chi connectivity index (χ2n) is 4.27. The van der Waals surface area contributed by atoms with Crippen molar-refractivity contribution in [2.75, 3.05) is 0 Å². The molecule has 0 saturated heterocycles. The molecule has 3 rings (SSSR count). The van der Waals surface area contributed by atoms with E-state index in [4.69, 9.17) is 5.73 Å². The molecule has 2 N–H and O–H groups in total. The van der Waals surface area contributed by atoms with Crippen LogP contribution in [-0.4, -0.2) is 25.6 Å². The topological polar surface area (TPSA) is 69.1 Å². The number of aromatic nitrogens is 4. The van der Waals surface area contributed by atoms with E-state index in [0.29, 0.717) is 0 Å². The monoisotopic (exact) mass is 259 g/mol. The first-order valence-corrected chi connectivity index (χ1v) is 6.61. The molecule has 0 saturated carbocycles. The molecule has 1 atom stereocenters. The lowest BCUT2D eigenvalue weighted by atomic mass is 10.2. The van der Waals surface area contributed by atoms with E-state index in [1.54, 1.807) is 23.7 Å². The van der Waals surface area contributed by atoms with Gasteiger partial charge < -0.3 is 5.73 Å². The first-order valence-electron chi connectivity index (χ1n) is 5.73. The standard InChI is InChI=1S/C12H13N5S/c1-8(13)6-10-7-18-12-15-11(16-17(10)12)9-2-4-14-5-3-9/h2-5,7-8H,6,13H2,1H3. The number of pyridine rings is 1. The molecule has 92 valence electrons. The molecule has 3 heterocycles. The van der Waals surface area contributed by atoms with Crippen LogP contribution in [0.3, 0.4) is 0 Å². The molecule has 18 heavy (non-hydrogen) atoms. The summed E-state index contributed by atoms with van der Waals surface area (Å²) in [5, 5.41) is 6.59. The highest BCUT2D eigenvalue weighted by Gasteiger charge is 2.12. The highest BCUT2D eigenvalue weighted by atomic mass is 32.1. The maximum absolute atomic E-state index is 5.83. The van der Waals surface area contributed by atoms with E-state index in [9.17, 15) is 0 Å². The van der Waals surface area contributed by atoms with Crippen LogP contribution in [-0.2, 0) is 6.42 Å². The SMILES string of the molecule is CC(N)Cc1csc2nc(-c3ccncc3)nn12. The molecule has 0 aliphatic carbocycles. The Bertz CT molecular complexity index is 655. The largest absolute Gasteiger partial charge is 0.328 e. The second kappa shape index (κ2) is 4.47. The summed E-state index contributed by atoms with van der Waals surface area (Å²) in [4.78, 5) is 9.41. The van der Waals surface area contributed by atoms with Gasteiger partial charge in [-0.2, -0.15) is 4.98 Å². The molecule has 0 radical (unpaired) electrons. The molecule has 0 bridgehead atoms. The Morgan fingerprint density at radius 1 is 1.39 bits per heavy atom. The third kappa shape index (κ3) is 2.00. The van der Waals surface area contributed by atoms with Gasteiger partial charge in [0, 0.05) is 35.8 Å². The quantitative estimate of drug-likeness (QED) is 0.778. The summed E-state index contributed by atoms with van der Waals surface area (Å²) in [5.74, 6) is 0.732. The number of thiazole rings is 1. The lowest BCUT2D eigenvalue weighted by Gasteiger charge is -2.01. The number of hydrogen-bond donors (Lipinski definition) is 1. The Morgan fingerprint density at radius 3 is 2.89 bits per heavy atom. The van der Waals surface area contributed by atoms with E-state index in [0.717, 1.165) is 28.5 Å². The van der Waals surface area contributed by atoms with E-state index in [1.165, 1.54) is 0 Å². The van der Waals surface area contributed by atoms with Gasteiger partial charge in [0.2, 0.25) is 4.96 Å². The van der Waals surface area contributed by atoms with Crippen molar-refractivity contribution in [3.05, 3.63) is 35.6 Å². The number of hydrogen-bond acceptors (Lipinski definition) is 5. The van der Waals surface area contributed by atoms with Gasteiger partial charge in [0.1, 0.15) is 0 Å². The predicted octanol–water partition coefficient (Wildman–Crippen LogP) is 1.74. The van der Waals surface area contributed by atoms with Crippen LogP contribution in [0.2, 0.25) is 0 Å². The van der Waals surface area contributed by atoms with Gasteiger partial charge in [-0.05, 0) is 19.1 Å². The van der Waals surface area contributed by atoms with Crippen LogP contribution in [0.1, 0.15) is 12.6 Å². The molecule has 0 aliphatic rings. The summed E-state index contributed by atoms with van der Waals surface area (Å²) in [6, 6.07) is 3.94. The summed E-state index contributed by atoms with van der Waals surface area (Å²) in [5.41, 5.74) is 7.92. The van der Waals surface area contributed by atoms with Crippen molar-refractivity contribution in [3.8, 4) is 11.4 Å². The summed E-state index contributed by atoms with van der Waals surface area (Å²) in [7, 11) is 0. The molecule has 6 heteroatoms. The zero-order valence-electron chi connectivity index (χ0n) is 9.95. The Balaban J connectivity index is 2.04. The van der Waals surface area contributed by atoms with Gasteiger partial charge >= 0.3 is 0 Å². The highest BCUT2D eigenvalue weighted by molar-refractivity contribution is 7.15. The van der Waals surface area contributed by atoms with Gasteiger partial charge in [0.25, 0.3) is 0 Å². The van der Waals surface area contributed by atoms with Crippen molar-refractivity contribution in [1.29, 1.82) is 0 Å². The number of nitrogens with two attached hydrogens (primary N) is 1. The molecule has 0 aliphatic heterocycles. The van der Waals surface area contributed by atoms with Crippen LogP contribution in [0.5, 0.6) is 0 Å². The zero-order valence-corrected chi connectivity index (χ0v) is 10.8. The van der Waals surface area contributed by atoms with Crippen molar-refractivity contribution in [3.63, 3.8) is 0 Å². The normalized spacial score (nSPS) is 13.0. The minimum absolute atomic E-state index is 0.122. The fourth-order valence-electron chi connectivity index (χ4n) is 1.82. The molecule has 0 spiro atoms. The van der Waals surface area contributed by atoms with E-state index >= 15 is 0 Å². The lowest BCUT2D eigenvalue weighted by molar-refractivity contribution is 0.703. The zero-order chi connectivity index (χ0) is 12.5. The molecule has 0 amide bonds. The van der Waals surface area contributed by atoms with E-state index in [-0.39, 0.29) is 6.04 Å². The molecule has 0 fully saturated rings. The van der Waals surface area contributed by atoms with Gasteiger partial charge in [-0.1, -0.05) is 0 Å². The lowest BCUT2D eigenvalue weighted by Crippen LogP contribution is -2.18. The maximum Gasteiger partial charge on any atom is 0.212 e. The highest BCUT2D eigenvalue weighted by Crippen LogP contribution is 2.20. The van der Waals surface area contributed by atoms with Crippen LogP contribution in [0.15, 0.2) is 29.9 Å². The summed E-state index contributed by atoms with van der Waals surface area (Å²) < 4.78 is 1.88. The average Bonchev–Trinajstić information content (AvgIpc) is 2.92. The molecular weight excluding hydrogens is 246 g/mol. The molecule has 3 aromatic heterocycles. The number of rotatable bonds is 3. The van der Waals surface area contributed by atoms with Crippen LogP contribution in [0.4, 0.5) is 0 Å². The minimum atomic E-state index is 0.122. The van der Waals surface area contributed by atoms with Crippen molar-refractivity contribution >= 4 is 16.3 Å². The Morgan fingerprint density at radius 2 is 2.17 bits per heavy atom. The van der Waals surface area contributed by atoms with Crippen LogP contribution in [0, 0.1) is 0 Å². The Labute approximate surface area is 108 Å². The molecule has 1 unspecified atom stereocenters. The van der Waals surface area contributed by atoms with Gasteiger partial charge in [0.05, 0.1) is 5.69 Å². The first kappa shape index (κ1) is 11.3. The van der Waals surface area contributed by atoms with Crippen LogP contribution < -0.4 is 5.73 Å². The Hall–Kier alpha value is -1.79. The van der Waals surface area contributed by atoms with Crippen LogP contribution >= 0.6 is 11.3 Å². The second-order valence-corrected chi connectivity index (χ2v) is 5.11.